The van der Waals surface area contributed by atoms with Crippen molar-refractivity contribution in [2.75, 3.05) is 13.7 Å². The van der Waals surface area contributed by atoms with Crippen molar-refractivity contribution in [1.29, 1.82) is 0 Å². The van der Waals surface area contributed by atoms with Crippen LogP contribution in [0.4, 0.5) is 18.0 Å². The minimum Gasteiger partial charge on any atom is -0.497 e. The van der Waals surface area contributed by atoms with Gasteiger partial charge in [-0.2, -0.15) is 13.2 Å². The molecule has 1 saturated heterocycles. The first-order valence-corrected chi connectivity index (χ1v) is 24.6. The van der Waals surface area contributed by atoms with E-state index in [0.717, 1.165) is 0 Å². The number of allylic oxidation sites excluding steroid dienone is 1. The van der Waals surface area contributed by atoms with E-state index in [1.807, 2.05) is 32.9 Å². The van der Waals surface area contributed by atoms with E-state index in [0.29, 0.717) is 86.0 Å². The Hall–Kier alpha value is -5.66. The molecule has 0 unspecified atom stereocenters. The molecule has 2 aliphatic carbocycles. The normalized spacial score (nSPS) is 26.9. The highest BCUT2D eigenvalue weighted by Gasteiger charge is 2.63. The molecule has 20 heteroatoms. The zero-order valence-corrected chi connectivity index (χ0v) is 40.4. The van der Waals surface area contributed by atoms with Crippen molar-refractivity contribution in [2.24, 2.45) is 17.8 Å². The zero-order chi connectivity index (χ0) is 49.6. The monoisotopic (exact) mass is 970 g/mol. The SMILES string of the molecule is CC[C@@H]1C[C@H](C)CC/C=C\[C@@H]2C[C@@]2(C(=O)NS(=O)(=O)C2(C)CC2)NC(=O)[C@@H]2C[C@@H](Oc3nc(-c4ccc(OC(C)C)cn4)cc4cc(OC)ccc34)CN2C(=O)[C@H]1NC(=O)OC(C)(C)C(F)(F)F. The third-order valence-corrected chi connectivity index (χ3v) is 15.7. The van der Waals surface area contributed by atoms with Crippen molar-refractivity contribution in [3.8, 4) is 28.8 Å². The molecule has 16 nitrogen and oxygen atoms in total. The Labute approximate surface area is 394 Å². The number of carbonyl (C=O) groups is 4. The second-order valence-electron chi connectivity index (χ2n) is 19.6. The van der Waals surface area contributed by atoms with E-state index >= 15 is 4.79 Å². The molecule has 0 spiro atoms. The van der Waals surface area contributed by atoms with Crippen LogP contribution in [0.25, 0.3) is 22.2 Å². The predicted octanol–water partition coefficient (Wildman–Crippen LogP) is 7.15. The number of rotatable bonds is 12. The van der Waals surface area contributed by atoms with Crippen molar-refractivity contribution in [2.45, 2.75) is 146 Å². The van der Waals surface area contributed by atoms with Crippen LogP contribution in [-0.2, 0) is 29.1 Å². The van der Waals surface area contributed by atoms with Gasteiger partial charge < -0.3 is 34.5 Å². The summed E-state index contributed by atoms with van der Waals surface area (Å²) in [4.78, 5) is 68.2. The van der Waals surface area contributed by atoms with Crippen molar-refractivity contribution in [3.05, 3.63) is 54.7 Å². The van der Waals surface area contributed by atoms with Crippen LogP contribution in [-0.4, -0.2) is 107 Å². The molecule has 0 bridgehead atoms. The molecule has 2 aromatic heterocycles. The third kappa shape index (κ3) is 10.6. The van der Waals surface area contributed by atoms with Crippen LogP contribution >= 0.6 is 0 Å². The van der Waals surface area contributed by atoms with E-state index in [2.05, 4.69) is 20.3 Å². The van der Waals surface area contributed by atoms with Crippen LogP contribution < -0.4 is 29.6 Å². The van der Waals surface area contributed by atoms with E-state index < -0.39 is 85.9 Å². The number of aromatic nitrogens is 2. The molecule has 2 aliphatic heterocycles. The Morgan fingerprint density at radius 3 is 2.40 bits per heavy atom. The van der Waals surface area contributed by atoms with Gasteiger partial charge in [0.25, 0.3) is 5.91 Å². The summed E-state index contributed by atoms with van der Waals surface area (Å²) in [5.74, 6) is -2.54. The highest BCUT2D eigenvalue weighted by atomic mass is 32.2. The van der Waals surface area contributed by atoms with Gasteiger partial charge in [-0.15, -0.1) is 0 Å². The van der Waals surface area contributed by atoms with Crippen molar-refractivity contribution in [3.63, 3.8) is 0 Å². The molecule has 1 aromatic carbocycles. The Morgan fingerprint density at radius 1 is 1.04 bits per heavy atom. The molecule has 3 aromatic rings. The maximum atomic E-state index is 15.2. The highest BCUT2D eigenvalue weighted by Crippen LogP contribution is 2.48. The Balaban J connectivity index is 1.28. The smallest absolute Gasteiger partial charge is 0.427 e. The maximum absolute atomic E-state index is 15.2. The number of carbonyl (C=O) groups excluding carboxylic acids is 4. The summed E-state index contributed by atoms with van der Waals surface area (Å²) in [6.45, 7) is 10.2. The summed E-state index contributed by atoms with van der Waals surface area (Å²) in [5.41, 5.74) is -3.70. The number of benzene rings is 1. The lowest BCUT2D eigenvalue weighted by atomic mass is 9.85. The quantitative estimate of drug-likeness (QED) is 0.155. The van der Waals surface area contributed by atoms with Gasteiger partial charge >= 0.3 is 12.3 Å². The van der Waals surface area contributed by atoms with E-state index in [1.54, 1.807) is 49.5 Å². The van der Waals surface area contributed by atoms with Gasteiger partial charge in [0.15, 0.2) is 0 Å². The van der Waals surface area contributed by atoms with Gasteiger partial charge in [-0.1, -0.05) is 32.4 Å². The Morgan fingerprint density at radius 2 is 1.76 bits per heavy atom. The molecule has 4 aliphatic rings. The summed E-state index contributed by atoms with van der Waals surface area (Å²) >= 11 is 0. The van der Waals surface area contributed by atoms with Gasteiger partial charge in [0.1, 0.15) is 35.2 Å². The first kappa shape index (κ1) is 50.2. The number of hydrogen-bond acceptors (Lipinski definition) is 12. The van der Waals surface area contributed by atoms with Gasteiger partial charge in [0, 0.05) is 17.7 Å². The first-order valence-electron chi connectivity index (χ1n) is 23.1. The van der Waals surface area contributed by atoms with Gasteiger partial charge in [-0.25, -0.2) is 18.2 Å². The lowest BCUT2D eigenvalue weighted by molar-refractivity contribution is -0.244. The topological polar surface area (TPSA) is 204 Å². The van der Waals surface area contributed by atoms with E-state index in [9.17, 15) is 36.0 Å². The van der Waals surface area contributed by atoms with Crippen LogP contribution in [0.2, 0.25) is 0 Å². The minimum absolute atomic E-state index is 0.0601. The fourth-order valence-electron chi connectivity index (χ4n) is 8.85. The van der Waals surface area contributed by atoms with E-state index in [1.165, 1.54) is 18.9 Å². The maximum Gasteiger partial charge on any atom is 0.427 e. The number of amides is 4. The van der Waals surface area contributed by atoms with E-state index in [-0.39, 0.29) is 37.3 Å². The molecule has 7 rings (SSSR count). The number of halogens is 3. The fourth-order valence-corrected chi connectivity index (χ4v) is 10.2. The summed E-state index contributed by atoms with van der Waals surface area (Å²) in [5, 5.41) is 6.51. The minimum atomic E-state index is -4.94. The number of nitrogens with zero attached hydrogens (tertiary/aromatic N) is 3. The summed E-state index contributed by atoms with van der Waals surface area (Å²) in [7, 11) is -2.59. The van der Waals surface area contributed by atoms with Gasteiger partial charge in [0.05, 0.1) is 42.1 Å². The Bertz CT molecular complexity index is 2550. The Kier molecular flexibility index (Phi) is 14.1. The number of ether oxygens (including phenoxy) is 4. The lowest BCUT2D eigenvalue weighted by Crippen LogP contribution is -2.60. The van der Waals surface area contributed by atoms with Gasteiger partial charge in [-0.3, -0.25) is 24.1 Å². The molecule has 3 fully saturated rings. The van der Waals surface area contributed by atoms with Gasteiger partial charge in [-0.05, 0) is 127 Å². The fraction of sp³-hybridized carbons (Fsp3) is 0.583. The number of alkyl carbamates (subject to hydrolysis) is 1. The predicted molar refractivity (Wildman–Crippen MR) is 245 cm³/mol. The average molecular weight is 971 g/mol. The molecule has 4 heterocycles. The summed E-state index contributed by atoms with van der Waals surface area (Å²) in [6, 6.07) is 7.72. The summed E-state index contributed by atoms with van der Waals surface area (Å²) in [6.07, 6.45) is 0.228. The third-order valence-electron chi connectivity index (χ3n) is 13.6. The largest absolute Gasteiger partial charge is 0.497 e. The zero-order valence-electron chi connectivity index (χ0n) is 39.6. The average Bonchev–Trinajstić information content (AvgIpc) is 4.15. The molecule has 2 saturated carbocycles. The van der Waals surface area contributed by atoms with Crippen LogP contribution in [0.3, 0.4) is 0 Å². The molecule has 3 N–H and O–H groups in total. The van der Waals surface area contributed by atoms with Crippen molar-refractivity contribution < 1.29 is 59.7 Å². The summed E-state index contributed by atoms with van der Waals surface area (Å²) < 4.78 is 92.5. The molecule has 0 radical (unpaired) electrons. The first-order chi connectivity index (χ1) is 31.9. The number of alkyl halides is 3. The number of sulfonamides is 1. The van der Waals surface area contributed by atoms with E-state index in [4.69, 9.17) is 23.9 Å². The second-order valence-corrected chi connectivity index (χ2v) is 21.8. The standard InChI is InChI=1S/C48H61F3N6O10S/c1-9-29-20-28(4)12-10-11-13-31-24-47(31,43(60)56-68(62,63)46(7)18-19-46)55-40(58)38-23-34(26-57(38)42(59)39(29)54-44(61)67-45(5,6)48(49,50)51)66-41-35-16-14-32(64-8)21-30(35)22-37(53-41)36-17-15-33(25-52-36)65-27(2)3/h11,13-17,21-22,25,27-29,31,34,38-39H,9-10,12,18-20,23-24,26H2,1-8H3,(H,54,61)(H,55,58)(H,56,60)/b13-11-/t28-,29-,31-,34-,38+,39+,47-/m1/s1. The van der Waals surface area contributed by atoms with Crippen LogP contribution in [0.5, 0.6) is 17.4 Å². The number of fused-ring (bicyclic) bond motifs is 3. The van der Waals surface area contributed by atoms with Crippen LogP contribution in [0.1, 0.15) is 99.8 Å². The van der Waals surface area contributed by atoms with Crippen LogP contribution in [0, 0.1) is 17.8 Å². The number of pyridine rings is 2. The number of nitrogens with one attached hydrogen (secondary N) is 3. The van der Waals surface area contributed by atoms with Crippen molar-refractivity contribution >= 4 is 44.6 Å². The molecule has 68 heavy (non-hydrogen) atoms. The highest BCUT2D eigenvalue weighted by molar-refractivity contribution is 7.91. The lowest BCUT2D eigenvalue weighted by Gasteiger charge is -2.35. The van der Waals surface area contributed by atoms with Crippen molar-refractivity contribution in [1.82, 2.24) is 30.2 Å². The molecule has 7 atom stereocenters. The molecular formula is C48H61F3N6O10S. The molecule has 4 amide bonds. The van der Waals surface area contributed by atoms with Crippen LogP contribution in [0.15, 0.2) is 54.7 Å². The second kappa shape index (κ2) is 19.0. The number of methoxy groups -OCH3 is 1. The van der Waals surface area contributed by atoms with Gasteiger partial charge in [0.2, 0.25) is 33.3 Å². The molecule has 370 valence electrons. The number of hydrogen-bond donors (Lipinski definition) is 3. The molecular weight excluding hydrogens is 910 g/mol.